The molecule has 0 radical (unpaired) electrons. The molecule has 1 aromatic rings. The standard InChI is InChI=1S/C19H26ClN5O.HI/c20-15-1-3-16(4-2-15)23-7-9-24(10-8-23)19(21)22-12-14-11-18(26)25(13-14)17-5-6-17;/h1-4,14,17H,5-13H2,(H2,21,22);1H. The molecule has 1 unspecified atom stereocenters. The SMILES string of the molecule is I.NC(=NCC1CC(=O)N(C2CC2)C1)N1CCN(c2ccc(Cl)cc2)CC1. The minimum Gasteiger partial charge on any atom is -0.370 e. The molecule has 2 saturated heterocycles. The maximum Gasteiger partial charge on any atom is 0.223 e. The Morgan fingerprint density at radius 1 is 1.15 bits per heavy atom. The molecular weight excluding hydrogens is 477 g/mol. The molecule has 2 aliphatic heterocycles. The van der Waals surface area contributed by atoms with Gasteiger partial charge in [0.1, 0.15) is 0 Å². The summed E-state index contributed by atoms with van der Waals surface area (Å²) < 4.78 is 0. The molecule has 1 atom stereocenters. The number of guanidine groups is 1. The van der Waals surface area contributed by atoms with Gasteiger partial charge in [-0.25, -0.2) is 0 Å². The molecule has 0 bridgehead atoms. The van der Waals surface area contributed by atoms with Crippen molar-refractivity contribution in [1.29, 1.82) is 0 Å². The summed E-state index contributed by atoms with van der Waals surface area (Å²) in [6, 6.07) is 8.46. The van der Waals surface area contributed by atoms with Crippen LogP contribution in [0.1, 0.15) is 19.3 Å². The molecule has 4 rings (SSSR count). The van der Waals surface area contributed by atoms with Crippen molar-refractivity contribution in [3.63, 3.8) is 0 Å². The smallest absolute Gasteiger partial charge is 0.223 e. The zero-order valence-corrected chi connectivity index (χ0v) is 18.5. The second-order valence-corrected chi connectivity index (χ2v) is 7.93. The van der Waals surface area contributed by atoms with Crippen LogP contribution in [0, 0.1) is 5.92 Å². The van der Waals surface area contributed by atoms with E-state index in [0.717, 1.165) is 37.7 Å². The molecule has 3 fully saturated rings. The van der Waals surface area contributed by atoms with E-state index in [1.54, 1.807) is 0 Å². The molecule has 2 N–H and O–H groups in total. The van der Waals surface area contributed by atoms with E-state index in [1.165, 1.54) is 18.5 Å². The van der Waals surface area contributed by atoms with Crippen molar-refractivity contribution in [2.24, 2.45) is 16.6 Å². The van der Waals surface area contributed by atoms with Crippen molar-refractivity contribution in [2.45, 2.75) is 25.3 Å². The predicted octanol–water partition coefficient (Wildman–Crippen LogP) is 2.41. The molecular formula is C19H27ClIN5O. The number of piperazine rings is 1. The van der Waals surface area contributed by atoms with Gasteiger partial charge in [-0.3, -0.25) is 9.79 Å². The quantitative estimate of drug-likeness (QED) is 0.389. The van der Waals surface area contributed by atoms with E-state index in [-0.39, 0.29) is 24.0 Å². The fraction of sp³-hybridized carbons (Fsp3) is 0.579. The number of carbonyl (C=O) groups excluding carboxylic acids is 1. The van der Waals surface area contributed by atoms with E-state index in [0.29, 0.717) is 36.8 Å². The molecule has 2 heterocycles. The van der Waals surface area contributed by atoms with E-state index in [1.807, 2.05) is 17.0 Å². The average molecular weight is 504 g/mol. The van der Waals surface area contributed by atoms with Gasteiger partial charge in [-0.2, -0.15) is 0 Å². The van der Waals surface area contributed by atoms with Crippen LogP contribution in [0.3, 0.4) is 0 Å². The number of hydrogen-bond acceptors (Lipinski definition) is 3. The van der Waals surface area contributed by atoms with Gasteiger partial charge in [0.2, 0.25) is 5.91 Å². The summed E-state index contributed by atoms with van der Waals surface area (Å²) >= 11 is 5.96. The summed E-state index contributed by atoms with van der Waals surface area (Å²) in [6.07, 6.45) is 2.96. The number of hydrogen-bond donors (Lipinski definition) is 1. The van der Waals surface area contributed by atoms with Crippen LogP contribution in [0.2, 0.25) is 5.02 Å². The molecule has 0 aromatic heterocycles. The number of halogens is 2. The highest BCUT2D eigenvalue weighted by Crippen LogP contribution is 2.32. The Kier molecular flexibility index (Phi) is 6.73. The molecule has 1 aromatic carbocycles. The number of likely N-dealkylation sites (tertiary alicyclic amines) is 1. The molecule has 1 aliphatic carbocycles. The summed E-state index contributed by atoms with van der Waals surface area (Å²) in [5.74, 6) is 1.22. The topological polar surface area (TPSA) is 65.2 Å². The molecule has 148 valence electrons. The summed E-state index contributed by atoms with van der Waals surface area (Å²) in [5, 5.41) is 0.759. The lowest BCUT2D eigenvalue weighted by atomic mass is 10.1. The van der Waals surface area contributed by atoms with E-state index < -0.39 is 0 Å². The number of nitrogens with two attached hydrogens (primary N) is 1. The maximum absolute atomic E-state index is 12.0. The van der Waals surface area contributed by atoms with Gasteiger partial charge in [0, 0.05) is 68.4 Å². The number of anilines is 1. The molecule has 1 amide bonds. The molecule has 0 spiro atoms. The molecule has 1 saturated carbocycles. The van der Waals surface area contributed by atoms with Crippen LogP contribution in [0.5, 0.6) is 0 Å². The van der Waals surface area contributed by atoms with Gasteiger partial charge in [0.25, 0.3) is 0 Å². The predicted molar refractivity (Wildman–Crippen MR) is 120 cm³/mol. The Labute approximate surface area is 182 Å². The normalized spacial score (nSPS) is 23.6. The number of rotatable bonds is 4. The van der Waals surface area contributed by atoms with Gasteiger partial charge in [-0.15, -0.1) is 24.0 Å². The Bertz CT molecular complexity index is 686. The molecule has 8 heteroatoms. The van der Waals surface area contributed by atoms with Crippen LogP contribution < -0.4 is 10.6 Å². The summed E-state index contributed by atoms with van der Waals surface area (Å²) in [7, 11) is 0. The number of nitrogens with zero attached hydrogens (tertiary/aromatic N) is 4. The lowest BCUT2D eigenvalue weighted by Gasteiger charge is -2.36. The second kappa shape index (κ2) is 8.86. The third-order valence-corrected chi connectivity index (χ3v) is 5.79. The Morgan fingerprint density at radius 2 is 1.81 bits per heavy atom. The van der Waals surface area contributed by atoms with Crippen LogP contribution in [0.15, 0.2) is 29.3 Å². The lowest BCUT2D eigenvalue weighted by molar-refractivity contribution is -0.128. The first-order valence-electron chi connectivity index (χ1n) is 9.45. The first-order chi connectivity index (χ1) is 12.6. The number of amides is 1. The minimum atomic E-state index is 0. The summed E-state index contributed by atoms with van der Waals surface area (Å²) in [6.45, 7) is 5.04. The Hall–Kier alpha value is -1.22. The van der Waals surface area contributed by atoms with Crippen LogP contribution in [0.4, 0.5) is 5.69 Å². The Morgan fingerprint density at radius 3 is 2.44 bits per heavy atom. The third-order valence-electron chi connectivity index (χ3n) is 5.53. The van der Waals surface area contributed by atoms with Crippen LogP contribution in [0.25, 0.3) is 0 Å². The molecule has 3 aliphatic rings. The largest absolute Gasteiger partial charge is 0.370 e. The first-order valence-corrected chi connectivity index (χ1v) is 9.83. The highest BCUT2D eigenvalue weighted by atomic mass is 127. The van der Waals surface area contributed by atoms with Gasteiger partial charge < -0.3 is 20.4 Å². The van der Waals surface area contributed by atoms with Gasteiger partial charge in [0.15, 0.2) is 5.96 Å². The van der Waals surface area contributed by atoms with Gasteiger partial charge >= 0.3 is 0 Å². The van der Waals surface area contributed by atoms with Crippen molar-refractivity contribution in [3.8, 4) is 0 Å². The van der Waals surface area contributed by atoms with Gasteiger partial charge in [0.05, 0.1) is 0 Å². The average Bonchev–Trinajstić information content (AvgIpc) is 3.43. The molecule has 27 heavy (non-hydrogen) atoms. The summed E-state index contributed by atoms with van der Waals surface area (Å²) in [5.41, 5.74) is 7.40. The van der Waals surface area contributed by atoms with Crippen molar-refractivity contribution >= 4 is 53.1 Å². The lowest BCUT2D eigenvalue weighted by Crippen LogP contribution is -2.51. The molecule has 6 nitrogen and oxygen atoms in total. The first kappa shape index (κ1) is 20.5. The van der Waals surface area contributed by atoms with Crippen molar-refractivity contribution in [2.75, 3.05) is 44.2 Å². The fourth-order valence-electron chi connectivity index (χ4n) is 3.84. The number of benzene rings is 1. The van der Waals surface area contributed by atoms with E-state index in [2.05, 4.69) is 26.9 Å². The fourth-order valence-corrected chi connectivity index (χ4v) is 3.96. The Balaban J connectivity index is 0.00000210. The van der Waals surface area contributed by atoms with E-state index in [9.17, 15) is 4.79 Å². The van der Waals surface area contributed by atoms with Crippen molar-refractivity contribution < 1.29 is 4.79 Å². The van der Waals surface area contributed by atoms with Gasteiger partial charge in [-0.05, 0) is 37.1 Å². The van der Waals surface area contributed by atoms with Crippen LogP contribution >= 0.6 is 35.6 Å². The van der Waals surface area contributed by atoms with Crippen molar-refractivity contribution in [3.05, 3.63) is 29.3 Å². The van der Waals surface area contributed by atoms with Crippen LogP contribution in [-0.4, -0.2) is 67.0 Å². The monoisotopic (exact) mass is 503 g/mol. The number of carbonyl (C=O) groups is 1. The zero-order chi connectivity index (χ0) is 18.1. The maximum atomic E-state index is 12.0. The highest BCUT2D eigenvalue weighted by Gasteiger charge is 2.39. The highest BCUT2D eigenvalue weighted by molar-refractivity contribution is 14.0. The van der Waals surface area contributed by atoms with Gasteiger partial charge in [-0.1, -0.05) is 11.6 Å². The second-order valence-electron chi connectivity index (χ2n) is 7.50. The minimum absolute atomic E-state index is 0. The van der Waals surface area contributed by atoms with Crippen LogP contribution in [-0.2, 0) is 4.79 Å². The third kappa shape index (κ3) is 4.99. The van der Waals surface area contributed by atoms with E-state index in [4.69, 9.17) is 17.3 Å². The van der Waals surface area contributed by atoms with E-state index >= 15 is 0 Å². The van der Waals surface area contributed by atoms with Crippen molar-refractivity contribution in [1.82, 2.24) is 9.80 Å². The zero-order valence-electron chi connectivity index (χ0n) is 15.4. The summed E-state index contributed by atoms with van der Waals surface area (Å²) in [4.78, 5) is 23.1. The number of aliphatic imine (C=N–C) groups is 1.